The predicted molar refractivity (Wildman–Crippen MR) is 73.4 cm³/mol. The molecule has 4 heteroatoms. The van der Waals surface area contributed by atoms with Crippen LogP contribution in [0.3, 0.4) is 0 Å². The number of carboxylic acid groups (broad SMARTS) is 1. The van der Waals surface area contributed by atoms with Gasteiger partial charge in [-0.2, -0.15) is 0 Å². The molecular weight excluding hydrogens is 242 g/mol. The third kappa shape index (κ3) is 3.47. The Kier molecular flexibility index (Phi) is 3.80. The minimum atomic E-state index is -0.880. The molecule has 1 N–H and O–H groups in total. The summed E-state index contributed by atoms with van der Waals surface area (Å²) in [6.07, 6.45) is -0.735. The maximum atomic E-state index is 11.4. The van der Waals surface area contributed by atoms with Gasteiger partial charge in [-0.15, -0.1) is 0 Å². The standard InChI is InChI=1S/C15H21NO3/c1-15(2,3)16(14(17)18)9-12(13-10-19-13)11-7-5-4-6-8-11/h4-8,12-13H,9-10H2,1-3H3,(H,17,18)/t12-,13?/m0/s1. The second kappa shape index (κ2) is 5.21. The Balaban J connectivity index is 2.19. The van der Waals surface area contributed by atoms with Gasteiger partial charge < -0.3 is 14.7 Å². The molecule has 0 saturated carbocycles. The highest BCUT2D eigenvalue weighted by molar-refractivity contribution is 5.66. The van der Waals surface area contributed by atoms with Gasteiger partial charge in [0, 0.05) is 18.0 Å². The third-order valence-corrected chi connectivity index (χ3v) is 3.46. The monoisotopic (exact) mass is 263 g/mol. The number of carbonyl (C=O) groups is 1. The number of hydrogen-bond acceptors (Lipinski definition) is 2. The summed E-state index contributed by atoms with van der Waals surface area (Å²) < 4.78 is 5.40. The first-order chi connectivity index (χ1) is 8.89. The van der Waals surface area contributed by atoms with Gasteiger partial charge in [0.05, 0.1) is 12.7 Å². The van der Waals surface area contributed by atoms with Gasteiger partial charge in [0.25, 0.3) is 0 Å². The van der Waals surface area contributed by atoms with Crippen LogP contribution in [0.4, 0.5) is 4.79 Å². The van der Waals surface area contributed by atoms with Crippen molar-refractivity contribution in [1.29, 1.82) is 0 Å². The van der Waals surface area contributed by atoms with Gasteiger partial charge in [-0.05, 0) is 26.3 Å². The highest BCUT2D eigenvalue weighted by Gasteiger charge is 2.38. The number of hydrogen-bond donors (Lipinski definition) is 1. The fraction of sp³-hybridized carbons (Fsp3) is 0.533. The molecule has 4 nitrogen and oxygen atoms in total. The van der Waals surface area contributed by atoms with E-state index >= 15 is 0 Å². The highest BCUT2D eigenvalue weighted by Crippen LogP contribution is 2.32. The number of epoxide rings is 1. The molecule has 19 heavy (non-hydrogen) atoms. The van der Waals surface area contributed by atoms with Crippen molar-refractivity contribution < 1.29 is 14.6 Å². The van der Waals surface area contributed by atoms with Crippen LogP contribution in [0, 0.1) is 0 Å². The lowest BCUT2D eigenvalue weighted by atomic mass is 9.93. The Hall–Kier alpha value is -1.55. The van der Waals surface area contributed by atoms with E-state index in [1.165, 1.54) is 4.90 Å². The van der Waals surface area contributed by atoms with Crippen molar-refractivity contribution in [3.05, 3.63) is 35.9 Å². The van der Waals surface area contributed by atoms with Crippen LogP contribution in [0.25, 0.3) is 0 Å². The molecule has 1 amide bonds. The van der Waals surface area contributed by atoms with Gasteiger partial charge in [0.2, 0.25) is 0 Å². The molecule has 1 aromatic rings. The number of rotatable bonds is 4. The highest BCUT2D eigenvalue weighted by atomic mass is 16.6. The van der Waals surface area contributed by atoms with Crippen molar-refractivity contribution in [2.45, 2.75) is 38.3 Å². The number of ether oxygens (including phenoxy) is 1. The van der Waals surface area contributed by atoms with Gasteiger partial charge in [0.1, 0.15) is 0 Å². The Morgan fingerprint density at radius 1 is 1.42 bits per heavy atom. The summed E-state index contributed by atoms with van der Waals surface area (Å²) in [5.74, 6) is 0.108. The lowest BCUT2D eigenvalue weighted by molar-refractivity contribution is 0.0932. The first-order valence-electron chi connectivity index (χ1n) is 6.56. The molecule has 104 valence electrons. The normalized spacial score (nSPS) is 19.8. The van der Waals surface area contributed by atoms with Gasteiger partial charge in [0.15, 0.2) is 0 Å². The topological polar surface area (TPSA) is 53.1 Å². The van der Waals surface area contributed by atoms with Crippen molar-refractivity contribution in [3.8, 4) is 0 Å². The maximum absolute atomic E-state index is 11.4. The molecule has 1 aliphatic rings. The fourth-order valence-corrected chi connectivity index (χ4v) is 2.26. The van der Waals surface area contributed by atoms with E-state index in [2.05, 4.69) is 0 Å². The molecule has 0 spiro atoms. The van der Waals surface area contributed by atoms with Crippen molar-refractivity contribution in [3.63, 3.8) is 0 Å². The second-order valence-corrected chi connectivity index (χ2v) is 5.95. The van der Waals surface area contributed by atoms with Crippen LogP contribution in [-0.4, -0.2) is 40.9 Å². The fourth-order valence-electron chi connectivity index (χ4n) is 2.26. The average Bonchev–Trinajstić information content (AvgIpc) is 3.13. The molecule has 0 radical (unpaired) electrons. The molecule has 2 atom stereocenters. The summed E-state index contributed by atoms with van der Waals surface area (Å²) in [5.41, 5.74) is 0.730. The summed E-state index contributed by atoms with van der Waals surface area (Å²) >= 11 is 0. The van der Waals surface area contributed by atoms with E-state index in [-0.39, 0.29) is 12.0 Å². The Bertz CT molecular complexity index is 434. The zero-order valence-electron chi connectivity index (χ0n) is 11.7. The van der Waals surface area contributed by atoms with E-state index in [9.17, 15) is 9.90 Å². The zero-order valence-corrected chi connectivity index (χ0v) is 11.7. The summed E-state index contributed by atoms with van der Waals surface area (Å²) in [6.45, 7) is 6.93. The van der Waals surface area contributed by atoms with Crippen molar-refractivity contribution >= 4 is 6.09 Å². The lowest BCUT2D eigenvalue weighted by Gasteiger charge is -2.35. The molecular formula is C15H21NO3. The lowest BCUT2D eigenvalue weighted by Crippen LogP contribution is -2.47. The Morgan fingerprint density at radius 3 is 2.42 bits per heavy atom. The van der Waals surface area contributed by atoms with E-state index in [0.29, 0.717) is 6.54 Å². The SMILES string of the molecule is CC(C)(C)N(C[C@@H](c1ccccc1)C1CO1)C(=O)O. The van der Waals surface area contributed by atoms with E-state index in [4.69, 9.17) is 4.74 Å². The van der Waals surface area contributed by atoms with E-state index in [1.54, 1.807) is 0 Å². The quantitative estimate of drug-likeness (QED) is 0.850. The van der Waals surface area contributed by atoms with Crippen molar-refractivity contribution in [2.24, 2.45) is 0 Å². The minimum absolute atomic E-state index is 0.108. The van der Waals surface area contributed by atoms with Crippen LogP contribution in [0.2, 0.25) is 0 Å². The molecule has 1 fully saturated rings. The zero-order chi connectivity index (χ0) is 14.0. The van der Waals surface area contributed by atoms with Gasteiger partial charge in [-0.1, -0.05) is 30.3 Å². The largest absolute Gasteiger partial charge is 0.465 e. The van der Waals surface area contributed by atoms with E-state index < -0.39 is 11.6 Å². The van der Waals surface area contributed by atoms with Crippen LogP contribution in [0.15, 0.2) is 30.3 Å². The van der Waals surface area contributed by atoms with Crippen LogP contribution in [-0.2, 0) is 4.74 Å². The molecule has 2 rings (SSSR count). The smallest absolute Gasteiger partial charge is 0.407 e. The molecule has 1 aliphatic heterocycles. The molecule has 1 aromatic carbocycles. The van der Waals surface area contributed by atoms with E-state index in [0.717, 1.165) is 12.2 Å². The molecule has 0 aliphatic carbocycles. The third-order valence-electron chi connectivity index (χ3n) is 3.46. The van der Waals surface area contributed by atoms with Gasteiger partial charge in [-0.3, -0.25) is 0 Å². The molecule has 1 heterocycles. The van der Waals surface area contributed by atoms with Crippen molar-refractivity contribution in [1.82, 2.24) is 4.90 Å². The summed E-state index contributed by atoms with van der Waals surface area (Å²) in [4.78, 5) is 12.9. The Labute approximate surface area is 114 Å². The second-order valence-electron chi connectivity index (χ2n) is 5.95. The van der Waals surface area contributed by atoms with Crippen LogP contribution >= 0.6 is 0 Å². The minimum Gasteiger partial charge on any atom is -0.465 e. The summed E-state index contributed by atoms with van der Waals surface area (Å²) in [5, 5.41) is 9.39. The van der Waals surface area contributed by atoms with Gasteiger partial charge in [-0.25, -0.2) is 4.79 Å². The van der Waals surface area contributed by atoms with Gasteiger partial charge >= 0.3 is 6.09 Å². The number of benzene rings is 1. The maximum Gasteiger partial charge on any atom is 0.407 e. The number of amides is 1. The summed E-state index contributed by atoms with van der Waals surface area (Å²) in [6, 6.07) is 10.00. The van der Waals surface area contributed by atoms with E-state index in [1.807, 2.05) is 51.1 Å². The molecule has 0 aromatic heterocycles. The number of nitrogens with zero attached hydrogens (tertiary/aromatic N) is 1. The summed E-state index contributed by atoms with van der Waals surface area (Å²) in [7, 11) is 0. The van der Waals surface area contributed by atoms with Crippen LogP contribution in [0.5, 0.6) is 0 Å². The van der Waals surface area contributed by atoms with Crippen LogP contribution < -0.4 is 0 Å². The molecule has 1 saturated heterocycles. The van der Waals surface area contributed by atoms with Crippen LogP contribution in [0.1, 0.15) is 32.3 Å². The first-order valence-corrected chi connectivity index (χ1v) is 6.56. The van der Waals surface area contributed by atoms with Crippen molar-refractivity contribution in [2.75, 3.05) is 13.2 Å². The molecule has 0 bridgehead atoms. The Morgan fingerprint density at radius 2 is 2.00 bits per heavy atom. The predicted octanol–water partition coefficient (Wildman–Crippen LogP) is 2.95. The molecule has 1 unspecified atom stereocenters. The average molecular weight is 263 g/mol. The first kappa shape index (κ1) is 13.9.